The first-order valence-corrected chi connectivity index (χ1v) is 8.07. The van der Waals surface area contributed by atoms with Crippen LogP contribution in [0.25, 0.3) is 0 Å². The zero-order valence-corrected chi connectivity index (χ0v) is 12.2. The molecule has 2 rings (SSSR count). The minimum Gasteiger partial charge on any atom is -0.381 e. The summed E-state index contributed by atoms with van der Waals surface area (Å²) in [6.07, 6.45) is 3.14. The Hall–Kier alpha value is -0.690. The molecule has 0 radical (unpaired) electrons. The van der Waals surface area contributed by atoms with E-state index >= 15 is 0 Å². The molecule has 0 amide bonds. The summed E-state index contributed by atoms with van der Waals surface area (Å²) in [5, 5.41) is 0.168. The normalized spacial score (nSPS) is 19.3. The molecule has 5 nitrogen and oxygen atoms in total. The standard InChI is InChI=1S/C12H17ClN2O3S/c1-9(10-3-6-18-7-4-10)15-19(16,17)11-2-5-14-12(13)8-11/h2,5,8-10,15H,3-4,6-7H2,1H3. The van der Waals surface area contributed by atoms with Gasteiger partial charge in [-0.05, 0) is 37.8 Å². The number of nitrogens with one attached hydrogen (secondary N) is 1. The Labute approximate surface area is 118 Å². The summed E-state index contributed by atoms with van der Waals surface area (Å²) >= 11 is 5.72. The molecule has 1 unspecified atom stereocenters. The van der Waals surface area contributed by atoms with Crippen molar-refractivity contribution in [1.82, 2.24) is 9.71 Å². The fourth-order valence-corrected chi connectivity index (χ4v) is 3.74. The molecule has 7 heteroatoms. The van der Waals surface area contributed by atoms with Gasteiger partial charge in [0.05, 0.1) is 4.90 Å². The van der Waals surface area contributed by atoms with Gasteiger partial charge in [-0.1, -0.05) is 11.6 Å². The lowest BCUT2D eigenvalue weighted by molar-refractivity contribution is 0.0585. The Morgan fingerprint density at radius 2 is 2.16 bits per heavy atom. The Kier molecular flexibility index (Phi) is 4.78. The van der Waals surface area contributed by atoms with Crippen molar-refractivity contribution in [3.63, 3.8) is 0 Å². The first-order chi connectivity index (χ1) is 8.99. The third kappa shape index (κ3) is 3.89. The number of aromatic nitrogens is 1. The topological polar surface area (TPSA) is 68.3 Å². The van der Waals surface area contributed by atoms with E-state index in [1.807, 2.05) is 6.92 Å². The Morgan fingerprint density at radius 3 is 2.79 bits per heavy atom. The van der Waals surface area contributed by atoms with Crippen LogP contribution in [0.4, 0.5) is 0 Å². The highest BCUT2D eigenvalue weighted by Gasteiger charge is 2.25. The maximum absolute atomic E-state index is 12.2. The summed E-state index contributed by atoms with van der Waals surface area (Å²) in [4.78, 5) is 3.92. The molecule has 1 aliphatic rings. The predicted octanol–water partition coefficient (Wildman–Crippen LogP) is 1.83. The van der Waals surface area contributed by atoms with Crippen molar-refractivity contribution in [2.75, 3.05) is 13.2 Å². The average molecular weight is 305 g/mol. The van der Waals surface area contributed by atoms with Crippen LogP contribution < -0.4 is 4.72 Å². The highest BCUT2D eigenvalue weighted by atomic mass is 35.5. The van der Waals surface area contributed by atoms with Gasteiger partial charge < -0.3 is 4.74 Å². The molecule has 0 aliphatic carbocycles. The second-order valence-corrected chi connectivity index (χ2v) is 6.78. The Balaban J connectivity index is 2.08. The van der Waals surface area contributed by atoms with Crippen LogP contribution in [0.2, 0.25) is 5.15 Å². The fourth-order valence-electron chi connectivity index (χ4n) is 2.18. The van der Waals surface area contributed by atoms with Crippen molar-refractivity contribution in [1.29, 1.82) is 0 Å². The molecule has 106 valence electrons. The van der Waals surface area contributed by atoms with Crippen LogP contribution in [-0.4, -0.2) is 32.7 Å². The van der Waals surface area contributed by atoms with Crippen molar-refractivity contribution in [2.45, 2.75) is 30.7 Å². The minimum absolute atomic E-state index is 0.124. The van der Waals surface area contributed by atoms with Gasteiger partial charge in [-0.2, -0.15) is 0 Å². The first-order valence-electron chi connectivity index (χ1n) is 6.20. The van der Waals surface area contributed by atoms with E-state index in [-0.39, 0.29) is 16.1 Å². The minimum atomic E-state index is -3.55. The van der Waals surface area contributed by atoms with Gasteiger partial charge in [-0.15, -0.1) is 0 Å². The Morgan fingerprint density at radius 1 is 1.47 bits per heavy atom. The third-order valence-electron chi connectivity index (χ3n) is 3.32. The summed E-state index contributed by atoms with van der Waals surface area (Å²) in [5.74, 6) is 0.306. The van der Waals surface area contributed by atoms with Gasteiger partial charge in [-0.3, -0.25) is 0 Å². The van der Waals surface area contributed by atoms with E-state index in [0.717, 1.165) is 12.8 Å². The predicted molar refractivity (Wildman–Crippen MR) is 72.6 cm³/mol. The molecular weight excluding hydrogens is 288 g/mol. The first kappa shape index (κ1) is 14.7. The molecule has 1 fully saturated rings. The second-order valence-electron chi connectivity index (χ2n) is 4.67. The molecular formula is C12H17ClN2O3S. The van der Waals surface area contributed by atoms with Gasteiger partial charge >= 0.3 is 0 Å². The quantitative estimate of drug-likeness (QED) is 0.862. The zero-order valence-electron chi connectivity index (χ0n) is 10.7. The van der Waals surface area contributed by atoms with E-state index in [1.54, 1.807) is 0 Å². The number of halogens is 1. The van der Waals surface area contributed by atoms with Gasteiger partial charge in [-0.25, -0.2) is 18.1 Å². The van der Waals surface area contributed by atoms with Gasteiger partial charge in [0.25, 0.3) is 0 Å². The van der Waals surface area contributed by atoms with Gasteiger partial charge in [0.15, 0.2) is 0 Å². The zero-order chi connectivity index (χ0) is 13.9. The van der Waals surface area contributed by atoms with E-state index in [2.05, 4.69) is 9.71 Å². The second kappa shape index (κ2) is 6.17. The average Bonchev–Trinajstić information content (AvgIpc) is 2.39. The van der Waals surface area contributed by atoms with Crippen molar-refractivity contribution >= 4 is 21.6 Å². The monoisotopic (exact) mass is 304 g/mol. The van der Waals surface area contributed by atoms with E-state index in [9.17, 15) is 8.42 Å². The maximum atomic E-state index is 12.2. The lowest BCUT2D eigenvalue weighted by Gasteiger charge is -2.28. The van der Waals surface area contributed by atoms with Crippen LogP contribution in [-0.2, 0) is 14.8 Å². The molecule has 0 spiro atoms. The molecule has 1 aromatic rings. The van der Waals surface area contributed by atoms with E-state index < -0.39 is 10.0 Å². The van der Waals surface area contributed by atoms with E-state index in [0.29, 0.717) is 19.1 Å². The lowest BCUT2D eigenvalue weighted by atomic mass is 9.94. The summed E-state index contributed by atoms with van der Waals surface area (Å²) < 4.78 is 32.4. The van der Waals surface area contributed by atoms with Crippen LogP contribution in [0.3, 0.4) is 0 Å². The molecule has 0 aromatic carbocycles. The van der Waals surface area contributed by atoms with E-state index in [1.165, 1.54) is 18.3 Å². The summed E-state index contributed by atoms with van der Waals surface area (Å²) in [5.41, 5.74) is 0. The van der Waals surface area contributed by atoms with Crippen LogP contribution in [0.15, 0.2) is 23.2 Å². The van der Waals surface area contributed by atoms with E-state index in [4.69, 9.17) is 16.3 Å². The SMILES string of the molecule is CC(NS(=O)(=O)c1ccnc(Cl)c1)C1CCOCC1. The molecule has 19 heavy (non-hydrogen) atoms. The number of rotatable bonds is 4. The van der Waals surface area contributed by atoms with Gasteiger partial charge in [0.1, 0.15) is 5.15 Å². The summed E-state index contributed by atoms with van der Waals surface area (Å²) in [7, 11) is -3.55. The van der Waals surface area contributed by atoms with Crippen molar-refractivity contribution < 1.29 is 13.2 Å². The number of hydrogen-bond donors (Lipinski definition) is 1. The summed E-state index contributed by atoms with van der Waals surface area (Å²) in [6.45, 7) is 3.27. The molecule has 2 heterocycles. The van der Waals surface area contributed by atoms with Crippen molar-refractivity contribution in [3.05, 3.63) is 23.5 Å². The van der Waals surface area contributed by atoms with Crippen LogP contribution in [0.1, 0.15) is 19.8 Å². The number of nitrogens with zero attached hydrogens (tertiary/aromatic N) is 1. The number of ether oxygens (including phenoxy) is 1. The third-order valence-corrected chi connectivity index (χ3v) is 5.09. The number of hydrogen-bond acceptors (Lipinski definition) is 4. The molecule has 0 bridgehead atoms. The highest BCUT2D eigenvalue weighted by molar-refractivity contribution is 7.89. The molecule has 1 saturated heterocycles. The summed E-state index contributed by atoms with van der Waals surface area (Å²) in [6, 6.07) is 2.66. The molecule has 1 aromatic heterocycles. The largest absolute Gasteiger partial charge is 0.381 e. The highest BCUT2D eigenvalue weighted by Crippen LogP contribution is 2.21. The number of pyridine rings is 1. The van der Waals surface area contributed by atoms with Crippen LogP contribution in [0, 0.1) is 5.92 Å². The smallest absolute Gasteiger partial charge is 0.240 e. The Bertz CT molecular complexity index is 530. The molecule has 1 N–H and O–H groups in total. The lowest BCUT2D eigenvalue weighted by Crippen LogP contribution is -2.40. The molecule has 1 aliphatic heterocycles. The van der Waals surface area contributed by atoms with Crippen molar-refractivity contribution in [3.8, 4) is 0 Å². The molecule has 1 atom stereocenters. The van der Waals surface area contributed by atoms with Gasteiger partial charge in [0, 0.05) is 25.5 Å². The maximum Gasteiger partial charge on any atom is 0.240 e. The molecule has 0 saturated carbocycles. The fraction of sp³-hybridized carbons (Fsp3) is 0.583. The van der Waals surface area contributed by atoms with Gasteiger partial charge in [0.2, 0.25) is 10.0 Å². The van der Waals surface area contributed by atoms with Crippen molar-refractivity contribution in [2.24, 2.45) is 5.92 Å². The number of sulfonamides is 1. The van der Waals surface area contributed by atoms with Crippen LogP contribution in [0.5, 0.6) is 0 Å². The van der Waals surface area contributed by atoms with Crippen LogP contribution >= 0.6 is 11.6 Å².